The maximum atomic E-state index is 12.8. The van der Waals surface area contributed by atoms with E-state index in [4.69, 9.17) is 11.6 Å². The zero-order valence-corrected chi connectivity index (χ0v) is 17.5. The van der Waals surface area contributed by atoms with Crippen LogP contribution < -0.4 is 10.6 Å². The molecule has 1 heterocycles. The highest BCUT2D eigenvalue weighted by atomic mass is 35.5. The maximum absolute atomic E-state index is 12.8. The normalized spacial score (nSPS) is 13.5. The van der Waals surface area contributed by atoms with E-state index in [1.54, 1.807) is 36.4 Å². The highest BCUT2D eigenvalue weighted by molar-refractivity contribution is 6.48. The van der Waals surface area contributed by atoms with Crippen LogP contribution in [-0.2, 0) is 16.1 Å². The molecule has 3 N–H and O–H groups in total. The van der Waals surface area contributed by atoms with Crippen LogP contribution in [0.5, 0.6) is 5.75 Å². The maximum Gasteiger partial charge on any atom is 0.279 e. The number of rotatable bonds is 6. The van der Waals surface area contributed by atoms with Crippen LogP contribution in [0.3, 0.4) is 0 Å². The van der Waals surface area contributed by atoms with Crippen molar-refractivity contribution in [3.63, 3.8) is 0 Å². The number of phenolic OH excluding ortho intramolecular Hbond substituents is 1. The third-order valence-corrected chi connectivity index (χ3v) is 5.19. The Kier molecular flexibility index (Phi) is 5.91. The first-order chi connectivity index (χ1) is 15.4. The zero-order chi connectivity index (χ0) is 22.7. The van der Waals surface area contributed by atoms with Gasteiger partial charge in [0.1, 0.15) is 16.5 Å². The second-order valence-corrected chi connectivity index (χ2v) is 7.43. The molecule has 8 heteroatoms. The van der Waals surface area contributed by atoms with Gasteiger partial charge in [0.05, 0.1) is 12.2 Å². The minimum absolute atomic E-state index is 0.0501. The smallest absolute Gasteiger partial charge is 0.279 e. The van der Waals surface area contributed by atoms with Crippen LogP contribution in [0, 0.1) is 0 Å². The van der Waals surface area contributed by atoms with Crippen molar-refractivity contribution in [3.8, 4) is 5.75 Å². The fraction of sp³-hybridized carbons (Fsp3) is 0.0417. The highest BCUT2D eigenvalue weighted by Gasteiger charge is 2.37. The molecule has 3 amide bonds. The molecule has 1 aliphatic heterocycles. The molecule has 3 aromatic rings. The van der Waals surface area contributed by atoms with Crippen molar-refractivity contribution in [3.05, 3.63) is 101 Å². The SMILES string of the molecule is O=C(Nc1ccccc1O)c1cccc(NC2=C(Cl)C(=O)N(Cc3ccccc3)C2=O)c1. The number of nitrogens with zero attached hydrogens (tertiary/aromatic N) is 1. The predicted octanol–water partition coefficient (Wildman–Crippen LogP) is 4.08. The second kappa shape index (κ2) is 8.95. The van der Waals surface area contributed by atoms with Crippen molar-refractivity contribution < 1.29 is 19.5 Å². The van der Waals surface area contributed by atoms with E-state index in [1.807, 2.05) is 30.3 Å². The van der Waals surface area contributed by atoms with E-state index in [2.05, 4.69) is 10.6 Å². The molecule has 0 fully saturated rings. The molecule has 4 rings (SSSR count). The molecule has 3 aromatic carbocycles. The van der Waals surface area contributed by atoms with Gasteiger partial charge < -0.3 is 15.7 Å². The number of carbonyl (C=O) groups excluding carboxylic acids is 3. The number of carbonyl (C=O) groups is 3. The van der Waals surface area contributed by atoms with Crippen molar-refractivity contribution in [1.82, 2.24) is 4.90 Å². The number of hydrogen-bond donors (Lipinski definition) is 3. The lowest BCUT2D eigenvalue weighted by Crippen LogP contribution is -2.31. The molecule has 0 unspecified atom stereocenters. The van der Waals surface area contributed by atoms with Crippen molar-refractivity contribution >= 4 is 40.7 Å². The summed E-state index contributed by atoms with van der Waals surface area (Å²) < 4.78 is 0. The average Bonchev–Trinajstić information content (AvgIpc) is 3.00. The summed E-state index contributed by atoms with van der Waals surface area (Å²) in [5, 5.41) is 15.1. The number of benzene rings is 3. The summed E-state index contributed by atoms with van der Waals surface area (Å²) >= 11 is 6.16. The summed E-state index contributed by atoms with van der Waals surface area (Å²) in [6.45, 7) is 0.100. The quantitative estimate of drug-likeness (QED) is 0.390. The van der Waals surface area contributed by atoms with Gasteiger partial charge in [-0.05, 0) is 35.9 Å². The van der Waals surface area contributed by atoms with Crippen LogP contribution in [-0.4, -0.2) is 27.7 Å². The summed E-state index contributed by atoms with van der Waals surface area (Å²) in [4.78, 5) is 39.0. The predicted molar refractivity (Wildman–Crippen MR) is 121 cm³/mol. The van der Waals surface area contributed by atoms with Crippen molar-refractivity contribution in [2.75, 3.05) is 10.6 Å². The fourth-order valence-corrected chi connectivity index (χ4v) is 3.45. The Labute approximate surface area is 188 Å². The first-order valence-electron chi connectivity index (χ1n) is 9.70. The summed E-state index contributed by atoms with van der Waals surface area (Å²) in [5.74, 6) is -1.64. The number of nitrogens with one attached hydrogen (secondary N) is 2. The van der Waals surface area contributed by atoms with E-state index in [0.29, 0.717) is 5.69 Å². The number of halogens is 1. The first-order valence-corrected chi connectivity index (χ1v) is 10.1. The van der Waals surface area contributed by atoms with E-state index >= 15 is 0 Å². The molecule has 32 heavy (non-hydrogen) atoms. The summed E-state index contributed by atoms with van der Waals surface area (Å²) in [6.07, 6.45) is 0. The van der Waals surface area contributed by atoms with Gasteiger partial charge >= 0.3 is 0 Å². The Bertz CT molecular complexity index is 1240. The number of para-hydroxylation sites is 2. The number of hydrogen-bond acceptors (Lipinski definition) is 5. The molecule has 0 aliphatic carbocycles. The van der Waals surface area contributed by atoms with Crippen LogP contribution >= 0.6 is 11.6 Å². The molecule has 0 aromatic heterocycles. The molecule has 160 valence electrons. The van der Waals surface area contributed by atoms with Crippen LogP contribution in [0.4, 0.5) is 11.4 Å². The van der Waals surface area contributed by atoms with Gasteiger partial charge in [-0.25, -0.2) is 0 Å². The van der Waals surface area contributed by atoms with Crippen molar-refractivity contribution in [1.29, 1.82) is 0 Å². The highest BCUT2D eigenvalue weighted by Crippen LogP contribution is 2.28. The van der Waals surface area contributed by atoms with Crippen molar-refractivity contribution in [2.45, 2.75) is 6.54 Å². The number of imide groups is 1. The van der Waals surface area contributed by atoms with Gasteiger partial charge in [0.25, 0.3) is 17.7 Å². The van der Waals surface area contributed by atoms with Gasteiger partial charge in [-0.1, -0.05) is 60.1 Å². The first kappa shape index (κ1) is 21.1. The number of aromatic hydroxyl groups is 1. The number of amides is 3. The Balaban J connectivity index is 1.50. The summed E-state index contributed by atoms with van der Waals surface area (Å²) in [7, 11) is 0. The zero-order valence-electron chi connectivity index (χ0n) is 16.7. The van der Waals surface area contributed by atoms with Gasteiger partial charge in [0.2, 0.25) is 0 Å². The third kappa shape index (κ3) is 4.33. The van der Waals surface area contributed by atoms with Gasteiger partial charge in [-0.15, -0.1) is 0 Å². The van der Waals surface area contributed by atoms with Gasteiger partial charge in [-0.3, -0.25) is 19.3 Å². The molecular weight excluding hydrogens is 430 g/mol. The Morgan fingerprint density at radius 2 is 1.62 bits per heavy atom. The van der Waals surface area contributed by atoms with E-state index in [-0.39, 0.29) is 34.3 Å². The monoisotopic (exact) mass is 447 g/mol. The van der Waals surface area contributed by atoms with Crippen LogP contribution in [0.1, 0.15) is 15.9 Å². The fourth-order valence-electron chi connectivity index (χ4n) is 3.22. The minimum Gasteiger partial charge on any atom is -0.506 e. The number of anilines is 2. The van der Waals surface area contributed by atoms with Crippen LogP contribution in [0.25, 0.3) is 0 Å². The second-order valence-electron chi connectivity index (χ2n) is 7.05. The minimum atomic E-state index is -0.587. The standard InChI is InChI=1S/C24H18ClN3O4/c25-20-21(24(32)28(23(20)31)14-15-7-2-1-3-8-15)26-17-10-6-9-16(13-17)22(30)27-18-11-4-5-12-19(18)29/h1-13,26,29H,14H2,(H,27,30). The van der Waals surface area contributed by atoms with Crippen LogP contribution in [0.2, 0.25) is 0 Å². The average molecular weight is 448 g/mol. The van der Waals surface area contributed by atoms with Gasteiger partial charge in [0.15, 0.2) is 0 Å². The molecule has 7 nitrogen and oxygen atoms in total. The Hall–Kier alpha value is -4.10. The molecule has 0 saturated heterocycles. The summed E-state index contributed by atoms with van der Waals surface area (Å²) in [5.41, 5.74) is 1.71. The molecular formula is C24H18ClN3O4. The lowest BCUT2D eigenvalue weighted by atomic mass is 10.1. The topological polar surface area (TPSA) is 98.7 Å². The molecule has 0 radical (unpaired) electrons. The Morgan fingerprint density at radius 3 is 2.38 bits per heavy atom. The van der Waals surface area contributed by atoms with Gasteiger partial charge in [0, 0.05) is 11.3 Å². The van der Waals surface area contributed by atoms with E-state index in [0.717, 1.165) is 10.5 Å². The third-order valence-electron chi connectivity index (χ3n) is 4.84. The van der Waals surface area contributed by atoms with Crippen molar-refractivity contribution in [2.24, 2.45) is 0 Å². The Morgan fingerprint density at radius 1 is 0.906 bits per heavy atom. The molecule has 0 atom stereocenters. The van der Waals surface area contributed by atoms with E-state index < -0.39 is 17.7 Å². The lowest BCUT2D eigenvalue weighted by molar-refractivity contribution is -0.138. The van der Waals surface area contributed by atoms with E-state index in [9.17, 15) is 19.5 Å². The van der Waals surface area contributed by atoms with E-state index in [1.165, 1.54) is 12.1 Å². The largest absolute Gasteiger partial charge is 0.506 e. The van der Waals surface area contributed by atoms with Crippen LogP contribution in [0.15, 0.2) is 89.6 Å². The summed E-state index contributed by atoms with van der Waals surface area (Å²) in [6, 6.07) is 21.8. The molecule has 0 spiro atoms. The van der Waals surface area contributed by atoms with Gasteiger partial charge in [-0.2, -0.15) is 0 Å². The number of phenols is 1. The molecule has 0 saturated carbocycles. The molecule has 0 bridgehead atoms. The lowest BCUT2D eigenvalue weighted by Gasteiger charge is -2.15. The molecule has 1 aliphatic rings.